The van der Waals surface area contributed by atoms with Crippen LogP contribution in [-0.4, -0.2) is 12.6 Å². The Balaban J connectivity index is 2.13. The molecule has 0 aromatic heterocycles. The third kappa shape index (κ3) is 4.99. The van der Waals surface area contributed by atoms with Gasteiger partial charge in [-0.25, -0.2) is 0 Å². The molecule has 14 heavy (non-hydrogen) atoms. The smallest absolute Gasteiger partial charge is 0.00671 e. The largest absolute Gasteiger partial charge is 0.314 e. The molecule has 1 saturated carbocycles. The summed E-state index contributed by atoms with van der Waals surface area (Å²) in [5.74, 6) is 0.848. The first kappa shape index (κ1) is 12.0. The molecule has 1 N–H and O–H groups in total. The molecule has 0 saturated heterocycles. The summed E-state index contributed by atoms with van der Waals surface area (Å²) in [6, 6.07) is 0.823. The van der Waals surface area contributed by atoms with Crippen LogP contribution in [0.1, 0.15) is 65.2 Å². The molecule has 1 atom stereocenters. The minimum Gasteiger partial charge on any atom is -0.314 e. The molecule has 0 aliphatic heterocycles. The summed E-state index contributed by atoms with van der Waals surface area (Å²) in [6.45, 7) is 5.85. The normalized spacial score (nSPS) is 22.7. The fourth-order valence-electron chi connectivity index (χ4n) is 2.17. The van der Waals surface area contributed by atoms with E-state index in [4.69, 9.17) is 0 Å². The second kappa shape index (κ2) is 7.28. The fourth-order valence-corrected chi connectivity index (χ4v) is 2.17. The van der Waals surface area contributed by atoms with Crippen LogP contribution in [0.25, 0.3) is 0 Å². The molecule has 84 valence electrons. The van der Waals surface area contributed by atoms with Crippen LogP contribution in [0.3, 0.4) is 0 Å². The van der Waals surface area contributed by atoms with Crippen LogP contribution in [0, 0.1) is 5.92 Å². The molecular formula is C13H27N. The van der Waals surface area contributed by atoms with E-state index in [1.807, 2.05) is 0 Å². The minimum atomic E-state index is 0.823. The van der Waals surface area contributed by atoms with E-state index in [9.17, 15) is 0 Å². The van der Waals surface area contributed by atoms with Crippen molar-refractivity contribution in [1.29, 1.82) is 0 Å². The molecule has 0 radical (unpaired) electrons. The number of rotatable bonds is 4. The third-order valence-electron chi connectivity index (χ3n) is 3.56. The Morgan fingerprint density at radius 3 is 2.21 bits per heavy atom. The fraction of sp³-hybridized carbons (Fsp3) is 1.00. The van der Waals surface area contributed by atoms with Crippen LogP contribution in [0.4, 0.5) is 0 Å². The van der Waals surface area contributed by atoms with Gasteiger partial charge >= 0.3 is 0 Å². The Bertz CT molecular complexity index is 125. The molecule has 0 spiro atoms. The molecule has 1 nitrogen and oxygen atoms in total. The number of hydrogen-bond donors (Lipinski definition) is 1. The van der Waals surface area contributed by atoms with Gasteiger partial charge in [-0.05, 0) is 25.3 Å². The molecule has 1 heteroatoms. The van der Waals surface area contributed by atoms with Crippen molar-refractivity contribution in [2.75, 3.05) is 6.54 Å². The van der Waals surface area contributed by atoms with E-state index in [-0.39, 0.29) is 0 Å². The quantitative estimate of drug-likeness (QED) is 0.724. The average molecular weight is 197 g/mol. The Labute approximate surface area is 89.7 Å². The van der Waals surface area contributed by atoms with Gasteiger partial charge in [-0.3, -0.25) is 0 Å². The number of nitrogens with one attached hydrogen (secondary N) is 1. The molecule has 1 unspecified atom stereocenters. The highest BCUT2D eigenvalue weighted by atomic mass is 14.9. The van der Waals surface area contributed by atoms with Gasteiger partial charge in [0.25, 0.3) is 0 Å². The minimum absolute atomic E-state index is 0.823. The van der Waals surface area contributed by atoms with Gasteiger partial charge in [0, 0.05) is 6.04 Å². The zero-order valence-corrected chi connectivity index (χ0v) is 10.0. The summed E-state index contributed by atoms with van der Waals surface area (Å²) in [6.07, 6.45) is 11.4. The number of hydrogen-bond acceptors (Lipinski definition) is 1. The summed E-state index contributed by atoms with van der Waals surface area (Å²) < 4.78 is 0. The van der Waals surface area contributed by atoms with Crippen molar-refractivity contribution in [3.63, 3.8) is 0 Å². The van der Waals surface area contributed by atoms with E-state index in [0.29, 0.717) is 0 Å². The highest BCUT2D eigenvalue weighted by Gasteiger charge is 2.11. The zero-order valence-electron chi connectivity index (χ0n) is 10.0. The summed E-state index contributed by atoms with van der Waals surface area (Å²) >= 11 is 0. The summed E-state index contributed by atoms with van der Waals surface area (Å²) in [4.78, 5) is 0. The molecule has 1 rings (SSSR count). The maximum atomic E-state index is 3.74. The molecule has 0 heterocycles. The summed E-state index contributed by atoms with van der Waals surface area (Å²) in [5, 5.41) is 3.74. The first-order valence-corrected chi connectivity index (χ1v) is 6.56. The average Bonchev–Trinajstić information content (AvgIpc) is 2.15. The van der Waals surface area contributed by atoms with Gasteiger partial charge in [0.2, 0.25) is 0 Å². The summed E-state index contributed by atoms with van der Waals surface area (Å²) in [7, 11) is 0. The van der Waals surface area contributed by atoms with Crippen molar-refractivity contribution in [3.8, 4) is 0 Å². The lowest BCUT2D eigenvalue weighted by atomic mass is 9.96. The second-order valence-electron chi connectivity index (χ2n) is 4.96. The topological polar surface area (TPSA) is 12.0 Å². The van der Waals surface area contributed by atoms with Crippen LogP contribution < -0.4 is 5.32 Å². The molecule has 0 aromatic rings. The maximum absolute atomic E-state index is 3.74. The molecule has 1 aliphatic rings. The highest BCUT2D eigenvalue weighted by Crippen LogP contribution is 2.17. The van der Waals surface area contributed by atoms with Gasteiger partial charge in [-0.2, -0.15) is 0 Å². The molecule has 0 amide bonds. The van der Waals surface area contributed by atoms with Gasteiger partial charge in [-0.15, -0.1) is 0 Å². The second-order valence-corrected chi connectivity index (χ2v) is 4.96. The van der Waals surface area contributed by atoms with Gasteiger partial charge in [0.15, 0.2) is 0 Å². The lowest BCUT2D eigenvalue weighted by Gasteiger charge is -2.22. The molecule has 1 fully saturated rings. The lowest BCUT2D eigenvalue weighted by molar-refractivity contribution is 0.364. The lowest BCUT2D eigenvalue weighted by Crippen LogP contribution is -2.33. The molecular weight excluding hydrogens is 170 g/mol. The predicted molar refractivity (Wildman–Crippen MR) is 63.6 cm³/mol. The first-order chi connectivity index (χ1) is 6.83. The standard InChI is InChI=1S/C13H27N/c1-3-12(2)11-14-13-9-7-5-4-6-8-10-13/h12-14H,3-11H2,1-2H3. The van der Waals surface area contributed by atoms with Gasteiger partial charge in [0.1, 0.15) is 0 Å². The van der Waals surface area contributed by atoms with Crippen LogP contribution in [0.15, 0.2) is 0 Å². The molecule has 1 aliphatic carbocycles. The van der Waals surface area contributed by atoms with E-state index >= 15 is 0 Å². The van der Waals surface area contributed by atoms with Crippen molar-refractivity contribution in [2.45, 2.75) is 71.3 Å². The molecule has 0 aromatic carbocycles. The monoisotopic (exact) mass is 197 g/mol. The van der Waals surface area contributed by atoms with Gasteiger partial charge < -0.3 is 5.32 Å². The van der Waals surface area contributed by atoms with Crippen molar-refractivity contribution < 1.29 is 0 Å². The van der Waals surface area contributed by atoms with Gasteiger partial charge in [0.05, 0.1) is 0 Å². The highest BCUT2D eigenvalue weighted by molar-refractivity contribution is 4.70. The van der Waals surface area contributed by atoms with Gasteiger partial charge in [-0.1, -0.05) is 52.4 Å². The van der Waals surface area contributed by atoms with Crippen molar-refractivity contribution >= 4 is 0 Å². The van der Waals surface area contributed by atoms with E-state index < -0.39 is 0 Å². The van der Waals surface area contributed by atoms with Crippen LogP contribution in [0.2, 0.25) is 0 Å². The maximum Gasteiger partial charge on any atom is 0.00671 e. The van der Waals surface area contributed by atoms with Crippen molar-refractivity contribution in [1.82, 2.24) is 5.32 Å². The van der Waals surface area contributed by atoms with E-state index in [1.54, 1.807) is 0 Å². The Morgan fingerprint density at radius 1 is 1.07 bits per heavy atom. The first-order valence-electron chi connectivity index (χ1n) is 6.56. The molecule has 0 bridgehead atoms. The Hall–Kier alpha value is -0.0400. The van der Waals surface area contributed by atoms with Crippen LogP contribution >= 0.6 is 0 Å². The SMILES string of the molecule is CCC(C)CNC1CCCCCCC1. The summed E-state index contributed by atoms with van der Waals surface area (Å²) in [5.41, 5.74) is 0. The Morgan fingerprint density at radius 2 is 1.64 bits per heavy atom. The van der Waals surface area contributed by atoms with E-state index in [0.717, 1.165) is 12.0 Å². The third-order valence-corrected chi connectivity index (χ3v) is 3.56. The van der Waals surface area contributed by atoms with Crippen LogP contribution in [-0.2, 0) is 0 Å². The van der Waals surface area contributed by atoms with Crippen molar-refractivity contribution in [3.05, 3.63) is 0 Å². The van der Waals surface area contributed by atoms with Crippen molar-refractivity contribution in [2.24, 2.45) is 5.92 Å². The predicted octanol–water partition coefficient (Wildman–Crippen LogP) is 3.74. The van der Waals surface area contributed by atoms with E-state index in [2.05, 4.69) is 19.2 Å². The zero-order chi connectivity index (χ0) is 10.2. The Kier molecular flexibility index (Phi) is 6.25. The van der Waals surface area contributed by atoms with Crippen LogP contribution in [0.5, 0.6) is 0 Å². The van der Waals surface area contributed by atoms with E-state index in [1.165, 1.54) is 57.9 Å².